The number of imidazole rings is 1. The van der Waals surface area contributed by atoms with Gasteiger partial charge in [-0.1, -0.05) is 6.92 Å². The summed E-state index contributed by atoms with van der Waals surface area (Å²) >= 11 is 0. The van der Waals surface area contributed by atoms with Crippen molar-refractivity contribution < 1.29 is 8.78 Å². The van der Waals surface area contributed by atoms with Crippen LogP contribution in [0.2, 0.25) is 0 Å². The summed E-state index contributed by atoms with van der Waals surface area (Å²) in [6.45, 7) is 5.77. The van der Waals surface area contributed by atoms with Gasteiger partial charge >= 0.3 is 6.55 Å². The minimum Gasteiger partial charge on any atom is -0.357 e. The number of alkyl halides is 2. The zero-order chi connectivity index (χ0) is 17.4. The second kappa shape index (κ2) is 9.56. The topological polar surface area (TPSA) is 57.5 Å². The number of nitrogens with zero attached hydrogens (tertiary/aromatic N) is 4. The quantitative estimate of drug-likeness (QED) is 0.589. The van der Waals surface area contributed by atoms with E-state index in [-0.39, 0.29) is 12.4 Å². The van der Waals surface area contributed by atoms with Crippen molar-refractivity contribution in [1.29, 1.82) is 0 Å². The Morgan fingerprint density at radius 3 is 2.75 bits per heavy atom. The van der Waals surface area contributed by atoms with E-state index in [4.69, 9.17) is 0 Å². The third kappa shape index (κ3) is 5.43. The van der Waals surface area contributed by atoms with E-state index < -0.39 is 6.55 Å². The summed E-state index contributed by atoms with van der Waals surface area (Å²) < 4.78 is 26.5. The molecule has 136 valence electrons. The number of guanidine groups is 1. The van der Waals surface area contributed by atoms with Gasteiger partial charge in [0, 0.05) is 38.1 Å². The van der Waals surface area contributed by atoms with Crippen molar-refractivity contribution in [3.8, 4) is 0 Å². The molecule has 6 nitrogen and oxygen atoms in total. The number of aliphatic imine (C=N–C) groups is 1. The average molecular weight is 342 g/mol. The van der Waals surface area contributed by atoms with Crippen LogP contribution in [0.25, 0.3) is 0 Å². The van der Waals surface area contributed by atoms with E-state index in [0.717, 1.165) is 43.6 Å². The number of halogens is 2. The number of hydrogen-bond acceptors (Lipinski definition) is 3. The van der Waals surface area contributed by atoms with Gasteiger partial charge in [0.2, 0.25) is 0 Å². The second-order valence-electron chi connectivity index (χ2n) is 5.98. The van der Waals surface area contributed by atoms with Crippen LogP contribution in [-0.2, 0) is 6.54 Å². The van der Waals surface area contributed by atoms with Crippen LogP contribution in [0.1, 0.15) is 45.5 Å². The van der Waals surface area contributed by atoms with Crippen LogP contribution in [0, 0.1) is 0 Å². The largest absolute Gasteiger partial charge is 0.357 e. The molecule has 0 aromatic carbocycles. The summed E-state index contributed by atoms with van der Waals surface area (Å²) in [5, 5.41) is 6.60. The first-order valence-electron chi connectivity index (χ1n) is 8.71. The molecule has 2 rings (SSSR count). The van der Waals surface area contributed by atoms with E-state index >= 15 is 0 Å². The fourth-order valence-corrected chi connectivity index (χ4v) is 2.92. The van der Waals surface area contributed by atoms with Crippen molar-refractivity contribution in [2.45, 2.75) is 52.2 Å². The maximum absolute atomic E-state index is 12.8. The number of nitrogens with one attached hydrogen (secondary N) is 2. The fourth-order valence-electron chi connectivity index (χ4n) is 2.92. The lowest BCUT2D eigenvalue weighted by atomic mass is 10.1. The highest BCUT2D eigenvalue weighted by atomic mass is 19.3. The van der Waals surface area contributed by atoms with Gasteiger partial charge in [-0.15, -0.1) is 0 Å². The highest BCUT2D eigenvalue weighted by Crippen LogP contribution is 2.13. The van der Waals surface area contributed by atoms with E-state index in [0.29, 0.717) is 12.0 Å². The summed E-state index contributed by atoms with van der Waals surface area (Å²) in [5.74, 6) is 0.926. The van der Waals surface area contributed by atoms with Crippen LogP contribution in [-0.4, -0.2) is 52.6 Å². The van der Waals surface area contributed by atoms with Crippen molar-refractivity contribution in [3.05, 3.63) is 18.2 Å². The molecule has 2 N–H and O–H groups in total. The molecule has 1 aromatic heterocycles. The van der Waals surface area contributed by atoms with Crippen LogP contribution in [0.15, 0.2) is 17.4 Å². The average Bonchev–Trinajstić information content (AvgIpc) is 3.04. The Balaban J connectivity index is 1.90. The number of likely N-dealkylation sites (tertiary alicyclic amines) is 1. The maximum atomic E-state index is 12.8. The van der Waals surface area contributed by atoms with Gasteiger partial charge in [0.05, 0.1) is 0 Å². The van der Waals surface area contributed by atoms with Gasteiger partial charge in [-0.2, -0.15) is 8.78 Å². The third-order valence-electron chi connectivity index (χ3n) is 4.15. The Bertz CT molecular complexity index is 508. The van der Waals surface area contributed by atoms with Gasteiger partial charge in [0.15, 0.2) is 5.96 Å². The molecule has 1 aliphatic rings. The lowest BCUT2D eigenvalue weighted by Gasteiger charge is -2.32. The van der Waals surface area contributed by atoms with Gasteiger partial charge < -0.3 is 15.5 Å². The molecule has 0 spiro atoms. The van der Waals surface area contributed by atoms with E-state index in [9.17, 15) is 8.78 Å². The Morgan fingerprint density at radius 1 is 1.38 bits per heavy atom. The number of piperidine rings is 1. The molecule has 0 unspecified atom stereocenters. The van der Waals surface area contributed by atoms with Crippen LogP contribution in [0.3, 0.4) is 0 Å². The van der Waals surface area contributed by atoms with E-state index in [2.05, 4.69) is 32.4 Å². The molecule has 0 bridgehead atoms. The maximum Gasteiger partial charge on any atom is 0.319 e. The van der Waals surface area contributed by atoms with Gasteiger partial charge in [0.1, 0.15) is 12.4 Å². The standard InChI is InChI=1S/C16H28F2N6/c1-3-8-23-9-5-13(6-10-23)22-16(19-4-2)21-12-14-20-7-11-24(14)15(17)18/h7,11,13,15H,3-6,8-10,12H2,1-2H3,(H2,19,21,22). The Morgan fingerprint density at radius 2 is 2.12 bits per heavy atom. The molecular weight excluding hydrogens is 314 g/mol. The number of aromatic nitrogens is 2. The SMILES string of the molecule is CCCN1CCC(NC(=NCc2nccn2C(F)F)NCC)CC1. The first-order chi connectivity index (χ1) is 11.6. The molecule has 1 aliphatic heterocycles. The van der Waals surface area contributed by atoms with Crippen molar-refractivity contribution in [2.75, 3.05) is 26.2 Å². The summed E-state index contributed by atoms with van der Waals surface area (Å²) in [5.41, 5.74) is 0. The Labute approximate surface area is 142 Å². The molecule has 1 saturated heterocycles. The predicted molar refractivity (Wildman–Crippen MR) is 91.2 cm³/mol. The summed E-state index contributed by atoms with van der Waals surface area (Å²) in [7, 11) is 0. The van der Waals surface area contributed by atoms with Crippen LogP contribution in [0.5, 0.6) is 0 Å². The molecule has 1 fully saturated rings. The molecule has 0 aliphatic carbocycles. The van der Waals surface area contributed by atoms with Crippen molar-refractivity contribution in [3.63, 3.8) is 0 Å². The molecule has 2 heterocycles. The first-order valence-corrected chi connectivity index (χ1v) is 8.71. The summed E-state index contributed by atoms with van der Waals surface area (Å²) in [6.07, 6.45) is 5.96. The lowest BCUT2D eigenvalue weighted by Crippen LogP contribution is -2.48. The summed E-state index contributed by atoms with van der Waals surface area (Å²) in [6, 6.07) is 0.366. The first kappa shape index (κ1) is 18.6. The zero-order valence-electron chi connectivity index (χ0n) is 14.5. The van der Waals surface area contributed by atoms with Gasteiger partial charge in [-0.25, -0.2) is 9.98 Å². The van der Waals surface area contributed by atoms with Crippen LogP contribution in [0.4, 0.5) is 8.78 Å². The van der Waals surface area contributed by atoms with E-state index in [1.165, 1.54) is 18.8 Å². The molecular formula is C16H28F2N6. The monoisotopic (exact) mass is 342 g/mol. The van der Waals surface area contributed by atoms with Gasteiger partial charge in [-0.05, 0) is 32.7 Å². The molecule has 0 amide bonds. The highest BCUT2D eigenvalue weighted by Gasteiger charge is 2.19. The second-order valence-corrected chi connectivity index (χ2v) is 5.98. The molecule has 8 heteroatoms. The smallest absolute Gasteiger partial charge is 0.319 e. The van der Waals surface area contributed by atoms with Crippen molar-refractivity contribution >= 4 is 5.96 Å². The number of hydrogen-bond donors (Lipinski definition) is 2. The van der Waals surface area contributed by atoms with Crippen LogP contribution >= 0.6 is 0 Å². The fraction of sp³-hybridized carbons (Fsp3) is 0.750. The van der Waals surface area contributed by atoms with Gasteiger partial charge in [0.25, 0.3) is 0 Å². The normalized spacial score (nSPS) is 17.5. The molecule has 1 aromatic rings. The molecule has 0 atom stereocenters. The van der Waals surface area contributed by atoms with E-state index in [1.807, 2.05) is 6.92 Å². The summed E-state index contributed by atoms with van der Waals surface area (Å²) in [4.78, 5) is 10.8. The van der Waals surface area contributed by atoms with Crippen molar-refractivity contribution in [2.24, 2.45) is 4.99 Å². The van der Waals surface area contributed by atoms with E-state index in [1.54, 1.807) is 0 Å². The molecule has 24 heavy (non-hydrogen) atoms. The minimum absolute atomic E-state index is 0.126. The predicted octanol–water partition coefficient (Wildman–Crippen LogP) is 2.21. The lowest BCUT2D eigenvalue weighted by molar-refractivity contribution is 0.0671. The molecule has 0 radical (unpaired) electrons. The van der Waals surface area contributed by atoms with Crippen LogP contribution < -0.4 is 10.6 Å². The Hall–Kier alpha value is -1.70. The third-order valence-corrected chi connectivity index (χ3v) is 4.15. The van der Waals surface area contributed by atoms with Gasteiger partial charge in [-0.3, -0.25) is 4.57 Å². The zero-order valence-corrected chi connectivity index (χ0v) is 14.5. The Kier molecular flexibility index (Phi) is 7.42. The molecule has 0 saturated carbocycles. The minimum atomic E-state index is -2.59. The van der Waals surface area contributed by atoms with Crippen molar-refractivity contribution in [1.82, 2.24) is 25.1 Å². The highest BCUT2D eigenvalue weighted by molar-refractivity contribution is 5.80. The number of rotatable bonds is 7.